The predicted octanol–water partition coefficient (Wildman–Crippen LogP) is 3.38. The molecule has 1 unspecified atom stereocenters. The number of hydrogen-bond donors (Lipinski definition) is 1. The van der Waals surface area contributed by atoms with Crippen LogP contribution in [0, 0.1) is 23.7 Å². The highest BCUT2D eigenvalue weighted by Crippen LogP contribution is 2.50. The van der Waals surface area contributed by atoms with Crippen molar-refractivity contribution >= 4 is 11.6 Å². The van der Waals surface area contributed by atoms with E-state index < -0.39 is 11.5 Å². The molecule has 0 spiro atoms. The average Bonchev–Trinajstić information content (AvgIpc) is 2.16. The Kier molecular flexibility index (Phi) is 2.92. The molecule has 1 aromatic carbocycles. The zero-order chi connectivity index (χ0) is 11.8. The molecule has 1 atom stereocenters. The summed E-state index contributed by atoms with van der Waals surface area (Å²) < 4.78 is 0. The summed E-state index contributed by atoms with van der Waals surface area (Å²) in [5.41, 5.74) is 1.20. The van der Waals surface area contributed by atoms with Gasteiger partial charge in [-0.15, -0.1) is 0 Å². The summed E-state index contributed by atoms with van der Waals surface area (Å²) in [7, 11) is 0. The molecule has 0 amide bonds. The minimum atomic E-state index is -0.691. The summed E-state index contributed by atoms with van der Waals surface area (Å²) in [4.78, 5) is 0. The zero-order valence-electron chi connectivity index (χ0n) is 9.20. The van der Waals surface area contributed by atoms with E-state index in [9.17, 15) is 10.4 Å². The van der Waals surface area contributed by atoms with Crippen molar-refractivity contribution in [2.24, 2.45) is 5.41 Å². The summed E-state index contributed by atoms with van der Waals surface area (Å²) in [5.74, 6) is 0. The third kappa shape index (κ3) is 1.71. The van der Waals surface area contributed by atoms with E-state index in [-0.39, 0.29) is 0 Å². The number of hydrogen-bond acceptors (Lipinski definition) is 2. The Hall–Kier alpha value is -1.04. The highest BCUT2D eigenvalue weighted by molar-refractivity contribution is 6.30. The van der Waals surface area contributed by atoms with Crippen LogP contribution in [-0.4, -0.2) is 5.11 Å². The SMILES string of the molecule is Cc1cc(Cl)ccc1C(O)C1(C#N)CCC1. The molecule has 1 saturated carbocycles. The fourth-order valence-corrected chi connectivity index (χ4v) is 2.47. The van der Waals surface area contributed by atoms with Crippen LogP contribution in [0.3, 0.4) is 0 Å². The van der Waals surface area contributed by atoms with Crippen molar-refractivity contribution in [2.45, 2.75) is 32.3 Å². The second kappa shape index (κ2) is 4.08. The summed E-state index contributed by atoms with van der Waals surface area (Å²) in [6.45, 7) is 1.91. The van der Waals surface area contributed by atoms with Crippen LogP contribution in [0.25, 0.3) is 0 Å². The number of benzene rings is 1. The molecule has 1 aliphatic rings. The van der Waals surface area contributed by atoms with Crippen LogP contribution in [0.5, 0.6) is 0 Å². The number of nitriles is 1. The first-order valence-corrected chi connectivity index (χ1v) is 5.82. The normalized spacial score (nSPS) is 19.6. The summed E-state index contributed by atoms with van der Waals surface area (Å²) in [5, 5.41) is 20.1. The number of halogens is 1. The number of aliphatic hydroxyl groups excluding tert-OH is 1. The van der Waals surface area contributed by atoms with Gasteiger partial charge in [-0.05, 0) is 43.0 Å². The zero-order valence-corrected chi connectivity index (χ0v) is 9.96. The second-order valence-electron chi connectivity index (χ2n) is 4.52. The molecule has 84 valence electrons. The van der Waals surface area contributed by atoms with Gasteiger partial charge in [0.05, 0.1) is 17.6 Å². The molecule has 2 nitrogen and oxygen atoms in total. The van der Waals surface area contributed by atoms with E-state index in [1.165, 1.54) is 0 Å². The van der Waals surface area contributed by atoms with E-state index in [1.54, 1.807) is 6.07 Å². The van der Waals surface area contributed by atoms with Gasteiger partial charge in [0, 0.05) is 5.02 Å². The third-order valence-electron chi connectivity index (χ3n) is 3.52. The predicted molar refractivity (Wildman–Crippen MR) is 63.0 cm³/mol. The highest BCUT2D eigenvalue weighted by Gasteiger charge is 2.45. The Labute approximate surface area is 100 Å². The van der Waals surface area contributed by atoms with Crippen molar-refractivity contribution < 1.29 is 5.11 Å². The Morgan fingerprint density at radius 2 is 2.19 bits per heavy atom. The standard InChI is InChI=1S/C13H14ClNO/c1-9-7-10(14)3-4-11(9)12(16)13(8-15)5-2-6-13/h3-4,7,12,16H,2,5-6H2,1H3. The maximum absolute atomic E-state index is 10.3. The quantitative estimate of drug-likeness (QED) is 0.854. The molecular weight excluding hydrogens is 222 g/mol. The van der Waals surface area contributed by atoms with Crippen LogP contribution < -0.4 is 0 Å². The average molecular weight is 236 g/mol. The lowest BCUT2D eigenvalue weighted by Crippen LogP contribution is -2.34. The maximum atomic E-state index is 10.3. The number of rotatable bonds is 2. The minimum Gasteiger partial charge on any atom is -0.387 e. The molecule has 0 radical (unpaired) electrons. The van der Waals surface area contributed by atoms with Crippen LogP contribution in [0.4, 0.5) is 0 Å². The van der Waals surface area contributed by atoms with Gasteiger partial charge in [-0.2, -0.15) is 5.26 Å². The van der Waals surface area contributed by atoms with Crippen LogP contribution in [-0.2, 0) is 0 Å². The van der Waals surface area contributed by atoms with Gasteiger partial charge in [-0.1, -0.05) is 24.1 Å². The van der Waals surface area contributed by atoms with Crippen LogP contribution in [0.1, 0.15) is 36.5 Å². The van der Waals surface area contributed by atoms with Crippen molar-refractivity contribution in [2.75, 3.05) is 0 Å². The fraction of sp³-hybridized carbons (Fsp3) is 0.462. The topological polar surface area (TPSA) is 44.0 Å². The van der Waals surface area contributed by atoms with Crippen LogP contribution in [0.15, 0.2) is 18.2 Å². The molecule has 0 heterocycles. The molecule has 0 aromatic heterocycles. The third-order valence-corrected chi connectivity index (χ3v) is 3.75. The van der Waals surface area contributed by atoms with Crippen molar-refractivity contribution in [3.63, 3.8) is 0 Å². The Morgan fingerprint density at radius 3 is 2.62 bits per heavy atom. The van der Waals surface area contributed by atoms with Gasteiger partial charge in [0.1, 0.15) is 0 Å². The van der Waals surface area contributed by atoms with Crippen molar-refractivity contribution in [3.8, 4) is 6.07 Å². The molecular formula is C13H14ClNO. The number of aryl methyl sites for hydroxylation is 1. The molecule has 1 fully saturated rings. The van der Waals surface area contributed by atoms with E-state index in [0.717, 1.165) is 30.4 Å². The molecule has 0 saturated heterocycles. The first-order valence-electron chi connectivity index (χ1n) is 5.44. The van der Waals surface area contributed by atoms with Gasteiger partial charge in [-0.3, -0.25) is 0 Å². The maximum Gasteiger partial charge on any atom is 0.0978 e. The number of aliphatic hydroxyl groups is 1. The first kappa shape index (κ1) is 11.4. The van der Waals surface area contributed by atoms with Crippen LogP contribution >= 0.6 is 11.6 Å². The second-order valence-corrected chi connectivity index (χ2v) is 4.96. The molecule has 1 N–H and O–H groups in total. The minimum absolute atomic E-state index is 0.571. The van der Waals surface area contributed by atoms with Gasteiger partial charge in [-0.25, -0.2) is 0 Å². The van der Waals surface area contributed by atoms with E-state index in [0.29, 0.717) is 5.02 Å². The lowest BCUT2D eigenvalue weighted by atomic mass is 9.64. The number of nitrogens with zero attached hydrogens (tertiary/aromatic N) is 1. The Balaban J connectivity index is 2.34. The summed E-state index contributed by atoms with van der Waals surface area (Å²) in [6.07, 6.45) is 1.90. The lowest BCUT2D eigenvalue weighted by Gasteiger charge is -2.39. The highest BCUT2D eigenvalue weighted by atomic mass is 35.5. The smallest absolute Gasteiger partial charge is 0.0978 e. The lowest BCUT2D eigenvalue weighted by molar-refractivity contribution is 0.00755. The van der Waals surface area contributed by atoms with Gasteiger partial charge < -0.3 is 5.11 Å². The van der Waals surface area contributed by atoms with Gasteiger partial charge in [0.15, 0.2) is 0 Å². The fourth-order valence-electron chi connectivity index (χ4n) is 2.25. The summed E-state index contributed by atoms with van der Waals surface area (Å²) in [6, 6.07) is 7.68. The summed E-state index contributed by atoms with van der Waals surface area (Å²) >= 11 is 5.87. The van der Waals surface area contributed by atoms with Crippen molar-refractivity contribution in [1.82, 2.24) is 0 Å². The molecule has 3 heteroatoms. The van der Waals surface area contributed by atoms with Crippen molar-refractivity contribution in [1.29, 1.82) is 5.26 Å². The Morgan fingerprint density at radius 1 is 1.50 bits per heavy atom. The molecule has 0 aliphatic heterocycles. The molecule has 2 rings (SSSR count). The van der Waals surface area contributed by atoms with E-state index >= 15 is 0 Å². The molecule has 0 bridgehead atoms. The van der Waals surface area contributed by atoms with Crippen LogP contribution in [0.2, 0.25) is 5.02 Å². The molecule has 16 heavy (non-hydrogen) atoms. The Bertz CT molecular complexity index is 446. The van der Waals surface area contributed by atoms with Gasteiger partial charge in [0.25, 0.3) is 0 Å². The van der Waals surface area contributed by atoms with Crippen molar-refractivity contribution in [3.05, 3.63) is 34.3 Å². The van der Waals surface area contributed by atoms with E-state index in [4.69, 9.17) is 11.6 Å². The monoisotopic (exact) mass is 235 g/mol. The first-order chi connectivity index (χ1) is 7.59. The van der Waals surface area contributed by atoms with Gasteiger partial charge >= 0.3 is 0 Å². The van der Waals surface area contributed by atoms with E-state index in [2.05, 4.69) is 6.07 Å². The largest absolute Gasteiger partial charge is 0.387 e. The molecule has 1 aromatic rings. The van der Waals surface area contributed by atoms with E-state index in [1.807, 2.05) is 19.1 Å². The van der Waals surface area contributed by atoms with Gasteiger partial charge in [0.2, 0.25) is 0 Å². The molecule has 1 aliphatic carbocycles.